The molecular weight excluding hydrogens is 416 g/mol. The van der Waals surface area contributed by atoms with Gasteiger partial charge in [0, 0.05) is 45.5 Å². The lowest BCUT2D eigenvalue weighted by Gasteiger charge is -2.36. The van der Waals surface area contributed by atoms with Crippen LogP contribution in [0.1, 0.15) is 35.2 Å². The van der Waals surface area contributed by atoms with Crippen LogP contribution < -0.4 is 5.32 Å². The second kappa shape index (κ2) is 10.8. The van der Waals surface area contributed by atoms with E-state index in [1.54, 1.807) is 12.1 Å². The summed E-state index contributed by atoms with van der Waals surface area (Å²) in [5.41, 5.74) is 3.39. The Kier molecular flexibility index (Phi) is 7.44. The van der Waals surface area contributed by atoms with E-state index in [4.69, 9.17) is 9.41 Å². The molecule has 0 spiro atoms. The van der Waals surface area contributed by atoms with Crippen LogP contribution in [0.15, 0.2) is 64.3 Å². The Balaban J connectivity index is 1.29. The van der Waals surface area contributed by atoms with E-state index in [0.29, 0.717) is 18.8 Å². The van der Waals surface area contributed by atoms with Crippen LogP contribution in [0.3, 0.4) is 0 Å². The first-order valence-corrected chi connectivity index (χ1v) is 11.6. The summed E-state index contributed by atoms with van der Waals surface area (Å²) < 4.78 is 7.20. The van der Waals surface area contributed by atoms with Crippen molar-refractivity contribution in [2.24, 2.45) is 4.99 Å². The minimum Gasteiger partial charge on any atom is -0.459 e. The third-order valence-electron chi connectivity index (χ3n) is 5.82. The van der Waals surface area contributed by atoms with Crippen molar-refractivity contribution in [1.82, 2.24) is 24.9 Å². The summed E-state index contributed by atoms with van der Waals surface area (Å²) in [6.45, 7) is 8.50. The molecule has 0 radical (unpaired) electrons. The molecule has 8 nitrogen and oxygen atoms in total. The molecule has 1 amide bonds. The Bertz CT molecular complexity index is 1050. The van der Waals surface area contributed by atoms with Crippen molar-refractivity contribution in [3.63, 3.8) is 0 Å². The molecule has 1 N–H and O–H groups in total. The highest BCUT2D eigenvalue weighted by molar-refractivity contribution is 5.91. The van der Waals surface area contributed by atoms with E-state index in [9.17, 15) is 4.79 Å². The van der Waals surface area contributed by atoms with Crippen LogP contribution in [0.4, 0.5) is 0 Å². The van der Waals surface area contributed by atoms with Crippen molar-refractivity contribution in [2.45, 2.75) is 26.7 Å². The van der Waals surface area contributed by atoms with Crippen LogP contribution in [0.5, 0.6) is 0 Å². The monoisotopic (exact) mass is 448 g/mol. The zero-order valence-electron chi connectivity index (χ0n) is 19.4. The van der Waals surface area contributed by atoms with Gasteiger partial charge in [0.05, 0.1) is 17.6 Å². The van der Waals surface area contributed by atoms with Crippen LogP contribution in [0.25, 0.3) is 5.69 Å². The molecule has 0 atom stereocenters. The number of rotatable bonds is 7. The lowest BCUT2D eigenvalue weighted by atomic mass is 10.1. The van der Waals surface area contributed by atoms with Crippen LogP contribution in [0.2, 0.25) is 0 Å². The van der Waals surface area contributed by atoms with Gasteiger partial charge in [-0.3, -0.25) is 9.79 Å². The third-order valence-corrected chi connectivity index (χ3v) is 5.82. The van der Waals surface area contributed by atoms with Crippen LogP contribution in [-0.2, 0) is 6.42 Å². The number of aromatic nitrogens is 2. The average Bonchev–Trinajstić information content (AvgIpc) is 3.52. The van der Waals surface area contributed by atoms with Gasteiger partial charge in [0.2, 0.25) is 0 Å². The molecule has 3 aromatic rings. The SMILES string of the molecule is CCNC(=NCCCc1cn(-c2ccccc2)nc1C)N1CCN(C(=O)c2ccco2)CC1. The number of nitrogens with zero attached hydrogens (tertiary/aromatic N) is 5. The van der Waals surface area contributed by atoms with E-state index in [0.717, 1.165) is 56.4 Å². The molecule has 0 saturated carbocycles. The number of benzene rings is 1. The summed E-state index contributed by atoms with van der Waals surface area (Å²) in [5.74, 6) is 1.27. The maximum absolute atomic E-state index is 12.5. The summed E-state index contributed by atoms with van der Waals surface area (Å²) in [7, 11) is 0. The molecule has 1 aliphatic heterocycles. The van der Waals surface area contributed by atoms with E-state index in [-0.39, 0.29) is 5.91 Å². The molecule has 33 heavy (non-hydrogen) atoms. The number of aliphatic imine (C=N–C) groups is 1. The Morgan fingerprint density at radius 1 is 1.09 bits per heavy atom. The normalized spacial score (nSPS) is 14.5. The largest absolute Gasteiger partial charge is 0.459 e. The number of amides is 1. The number of piperazine rings is 1. The summed E-state index contributed by atoms with van der Waals surface area (Å²) in [5, 5.41) is 8.06. The van der Waals surface area contributed by atoms with Crippen molar-refractivity contribution in [3.8, 4) is 5.69 Å². The first-order valence-electron chi connectivity index (χ1n) is 11.6. The molecule has 0 unspecified atom stereocenters. The topological polar surface area (TPSA) is 78.9 Å². The molecular formula is C25H32N6O2. The Morgan fingerprint density at radius 2 is 1.85 bits per heavy atom. The standard InChI is InChI=1S/C25H32N6O2/c1-3-26-25(30-16-14-29(15-17-30)24(32)23-12-8-18-33-23)27-13-7-9-21-19-31(28-20(21)2)22-10-5-4-6-11-22/h4-6,8,10-12,18-19H,3,7,9,13-17H2,1-2H3,(H,26,27). The second-order valence-corrected chi connectivity index (χ2v) is 8.12. The van der Waals surface area contributed by atoms with Crippen molar-refractivity contribution in [1.29, 1.82) is 0 Å². The number of nitrogens with one attached hydrogen (secondary N) is 1. The van der Waals surface area contributed by atoms with Gasteiger partial charge in [-0.2, -0.15) is 5.10 Å². The van der Waals surface area contributed by atoms with Crippen LogP contribution in [-0.4, -0.2) is 70.7 Å². The molecule has 8 heteroatoms. The predicted octanol–water partition coefficient (Wildman–Crippen LogP) is 3.13. The van der Waals surface area contributed by atoms with Crippen molar-refractivity contribution in [2.75, 3.05) is 39.3 Å². The molecule has 174 valence electrons. The van der Waals surface area contributed by atoms with Gasteiger partial charge in [0.25, 0.3) is 5.91 Å². The highest BCUT2D eigenvalue weighted by Gasteiger charge is 2.25. The van der Waals surface area contributed by atoms with Crippen LogP contribution in [0, 0.1) is 6.92 Å². The predicted molar refractivity (Wildman–Crippen MR) is 129 cm³/mol. The van der Waals surface area contributed by atoms with Crippen molar-refractivity contribution >= 4 is 11.9 Å². The fourth-order valence-electron chi connectivity index (χ4n) is 4.01. The lowest BCUT2D eigenvalue weighted by Crippen LogP contribution is -2.53. The fraction of sp³-hybridized carbons (Fsp3) is 0.400. The maximum Gasteiger partial charge on any atom is 0.289 e. The highest BCUT2D eigenvalue weighted by atomic mass is 16.3. The molecule has 0 bridgehead atoms. The Hall–Kier alpha value is -3.55. The van der Waals surface area contributed by atoms with Crippen molar-refractivity contribution < 1.29 is 9.21 Å². The number of hydrogen-bond donors (Lipinski definition) is 1. The number of carbonyl (C=O) groups excluding carboxylic acids is 1. The minimum atomic E-state index is -0.0481. The average molecular weight is 449 g/mol. The van der Waals surface area contributed by atoms with Gasteiger partial charge in [0.1, 0.15) is 0 Å². The van der Waals surface area contributed by atoms with E-state index >= 15 is 0 Å². The third kappa shape index (κ3) is 5.63. The molecule has 1 aliphatic rings. The van der Waals surface area contributed by atoms with Crippen molar-refractivity contribution in [3.05, 3.63) is 71.9 Å². The van der Waals surface area contributed by atoms with Gasteiger partial charge in [-0.1, -0.05) is 18.2 Å². The van der Waals surface area contributed by atoms with Gasteiger partial charge in [0.15, 0.2) is 11.7 Å². The minimum absolute atomic E-state index is 0.0481. The number of hydrogen-bond acceptors (Lipinski definition) is 4. The lowest BCUT2D eigenvalue weighted by molar-refractivity contribution is 0.0657. The zero-order valence-corrected chi connectivity index (χ0v) is 19.4. The molecule has 1 aromatic carbocycles. The molecule has 4 rings (SSSR count). The number of furan rings is 1. The summed E-state index contributed by atoms with van der Waals surface area (Å²) in [6, 6.07) is 13.6. The van der Waals surface area contributed by atoms with Gasteiger partial charge in [-0.15, -0.1) is 0 Å². The van der Waals surface area contributed by atoms with Gasteiger partial charge in [-0.05, 0) is 56.5 Å². The van der Waals surface area contributed by atoms with Gasteiger partial charge < -0.3 is 19.5 Å². The molecule has 2 aromatic heterocycles. The highest BCUT2D eigenvalue weighted by Crippen LogP contribution is 2.14. The van der Waals surface area contributed by atoms with Gasteiger partial charge in [-0.25, -0.2) is 4.68 Å². The zero-order chi connectivity index (χ0) is 23.0. The molecule has 1 fully saturated rings. The number of para-hydroxylation sites is 1. The summed E-state index contributed by atoms with van der Waals surface area (Å²) in [4.78, 5) is 21.4. The summed E-state index contributed by atoms with van der Waals surface area (Å²) >= 11 is 0. The first kappa shape index (κ1) is 22.6. The van der Waals surface area contributed by atoms with E-state index in [1.807, 2.05) is 27.8 Å². The first-order chi connectivity index (χ1) is 16.2. The maximum atomic E-state index is 12.5. The van der Waals surface area contributed by atoms with E-state index in [2.05, 4.69) is 47.5 Å². The Morgan fingerprint density at radius 3 is 2.55 bits per heavy atom. The van der Waals surface area contributed by atoms with Gasteiger partial charge >= 0.3 is 0 Å². The molecule has 1 saturated heterocycles. The number of aryl methyl sites for hydroxylation is 2. The van der Waals surface area contributed by atoms with Crippen LogP contribution >= 0.6 is 0 Å². The van der Waals surface area contributed by atoms with E-state index in [1.165, 1.54) is 11.8 Å². The molecule has 0 aliphatic carbocycles. The van der Waals surface area contributed by atoms with E-state index < -0.39 is 0 Å². The Labute approximate surface area is 194 Å². The fourth-order valence-corrected chi connectivity index (χ4v) is 4.01. The molecule has 3 heterocycles. The quantitative estimate of drug-likeness (QED) is 0.341. The summed E-state index contributed by atoms with van der Waals surface area (Å²) in [6.07, 6.45) is 5.54. The number of carbonyl (C=O) groups is 1. The smallest absolute Gasteiger partial charge is 0.289 e. The number of guanidine groups is 1. The second-order valence-electron chi connectivity index (χ2n) is 8.12.